The number of benzene rings is 1. The van der Waals surface area contributed by atoms with E-state index in [1.54, 1.807) is 45.4 Å². The van der Waals surface area contributed by atoms with Gasteiger partial charge in [-0.1, -0.05) is 0 Å². The van der Waals surface area contributed by atoms with Crippen LogP contribution < -0.4 is 9.75 Å². The molecule has 2 rings (SSSR count). The molecule has 0 fully saturated rings. The quantitative estimate of drug-likeness (QED) is 0.399. The number of amides is 1. The average molecular weight is 361 g/mol. The van der Waals surface area contributed by atoms with Gasteiger partial charge in [0, 0.05) is 12.8 Å². The van der Waals surface area contributed by atoms with Crippen LogP contribution in [0.3, 0.4) is 0 Å². The zero-order chi connectivity index (χ0) is 19.1. The van der Waals surface area contributed by atoms with Crippen molar-refractivity contribution in [2.75, 3.05) is 39.5 Å². The first-order chi connectivity index (χ1) is 12.5. The van der Waals surface area contributed by atoms with Gasteiger partial charge in [-0.05, 0) is 31.2 Å². The third kappa shape index (κ3) is 4.45. The molecule has 140 valence electrons. The number of carbonyl (C=O) groups is 2. The monoisotopic (exact) mass is 361 g/mol. The molecule has 1 unspecified atom stereocenters. The van der Waals surface area contributed by atoms with Crippen LogP contribution in [0.5, 0.6) is 5.75 Å². The third-order valence-corrected chi connectivity index (χ3v) is 3.96. The molecule has 1 aliphatic rings. The van der Waals surface area contributed by atoms with Crippen LogP contribution in [0.4, 0.5) is 5.69 Å². The van der Waals surface area contributed by atoms with Crippen molar-refractivity contribution in [2.45, 2.75) is 13.3 Å². The molecule has 8 heteroatoms. The molecule has 1 aliphatic heterocycles. The number of hydrogen-bond donors (Lipinski definition) is 0. The highest BCUT2D eigenvalue weighted by Crippen LogP contribution is 2.27. The molecule has 8 nitrogen and oxygen atoms in total. The minimum atomic E-state index is -0.687. The minimum Gasteiger partial charge on any atom is -0.497 e. The van der Waals surface area contributed by atoms with E-state index in [4.69, 9.17) is 14.2 Å². The van der Waals surface area contributed by atoms with Gasteiger partial charge in [-0.3, -0.25) is 14.6 Å². The molecule has 0 saturated carbocycles. The average Bonchev–Trinajstić information content (AvgIpc) is 2.97. The largest absolute Gasteiger partial charge is 0.497 e. The first-order valence-corrected chi connectivity index (χ1v) is 8.14. The van der Waals surface area contributed by atoms with Crippen molar-refractivity contribution in [1.82, 2.24) is 0 Å². The van der Waals surface area contributed by atoms with Crippen molar-refractivity contribution in [3.8, 4) is 5.75 Å². The summed E-state index contributed by atoms with van der Waals surface area (Å²) in [6, 6.07) is 6.95. The van der Waals surface area contributed by atoms with E-state index >= 15 is 0 Å². The Labute approximate surface area is 152 Å². The van der Waals surface area contributed by atoms with Crippen LogP contribution in [0.1, 0.15) is 13.3 Å². The molecule has 1 aromatic carbocycles. The van der Waals surface area contributed by atoms with Crippen LogP contribution in [0.25, 0.3) is 0 Å². The van der Waals surface area contributed by atoms with E-state index in [1.165, 1.54) is 12.1 Å². The Balaban J connectivity index is 2.31. The van der Waals surface area contributed by atoms with E-state index < -0.39 is 11.9 Å². The summed E-state index contributed by atoms with van der Waals surface area (Å²) in [6.07, 6.45) is -0.0727. The van der Waals surface area contributed by atoms with E-state index in [0.29, 0.717) is 36.0 Å². The van der Waals surface area contributed by atoms with Crippen LogP contribution in [-0.4, -0.2) is 57.8 Å². The summed E-state index contributed by atoms with van der Waals surface area (Å²) in [4.78, 5) is 29.0. The van der Waals surface area contributed by atoms with Gasteiger partial charge < -0.3 is 14.2 Å². The molecule has 0 N–H and O–H groups in total. The maximum Gasteiger partial charge on any atom is 0.311 e. The number of hydrazone groups is 1. The first kappa shape index (κ1) is 19.6. The number of carbonyl (C=O) groups excluding carboxylic acids is 2. The SMILES string of the molecule is COCCN=C(C)C1C(=O)N(c2ccc(OC)cc2)N=C1CC(=O)OC. The number of rotatable bonds is 8. The Hall–Kier alpha value is -2.74. The van der Waals surface area contributed by atoms with E-state index in [2.05, 4.69) is 10.1 Å². The van der Waals surface area contributed by atoms with Crippen molar-refractivity contribution in [2.24, 2.45) is 16.0 Å². The summed E-state index contributed by atoms with van der Waals surface area (Å²) in [6.45, 7) is 2.63. The molecule has 0 spiro atoms. The molecular formula is C18H23N3O5. The first-order valence-electron chi connectivity index (χ1n) is 8.14. The maximum absolute atomic E-state index is 12.9. The number of nitrogens with zero attached hydrogens (tertiary/aromatic N) is 3. The fourth-order valence-corrected chi connectivity index (χ4v) is 2.59. The van der Waals surface area contributed by atoms with Gasteiger partial charge in [0.05, 0.1) is 45.2 Å². The molecule has 0 radical (unpaired) electrons. The predicted molar refractivity (Wildman–Crippen MR) is 97.9 cm³/mol. The van der Waals surface area contributed by atoms with Crippen molar-refractivity contribution < 1.29 is 23.8 Å². The van der Waals surface area contributed by atoms with E-state index in [9.17, 15) is 9.59 Å². The smallest absolute Gasteiger partial charge is 0.311 e. The van der Waals surface area contributed by atoms with Gasteiger partial charge in [0.2, 0.25) is 0 Å². The van der Waals surface area contributed by atoms with Crippen LogP contribution in [-0.2, 0) is 19.1 Å². The summed E-state index contributed by atoms with van der Waals surface area (Å²) in [5.41, 5.74) is 1.59. The second-order valence-corrected chi connectivity index (χ2v) is 5.64. The molecular weight excluding hydrogens is 338 g/mol. The number of aliphatic imine (C=N–C) groups is 1. The van der Waals surface area contributed by atoms with Gasteiger partial charge in [0.15, 0.2) is 0 Å². The molecule has 26 heavy (non-hydrogen) atoms. The van der Waals surface area contributed by atoms with Gasteiger partial charge in [-0.2, -0.15) is 10.1 Å². The van der Waals surface area contributed by atoms with E-state index in [0.717, 1.165) is 0 Å². The third-order valence-electron chi connectivity index (χ3n) is 3.96. The van der Waals surface area contributed by atoms with Crippen LogP contribution >= 0.6 is 0 Å². The number of hydrogen-bond acceptors (Lipinski definition) is 7. The Morgan fingerprint density at radius 2 is 1.92 bits per heavy atom. The highest BCUT2D eigenvalue weighted by Gasteiger charge is 2.39. The standard InChI is InChI=1S/C18H23N3O5/c1-12(19-9-10-24-2)17-15(11-16(22)26-4)20-21(18(17)23)13-5-7-14(25-3)8-6-13/h5-8,17H,9-11H2,1-4H3. The van der Waals surface area contributed by atoms with Crippen molar-refractivity contribution in [3.63, 3.8) is 0 Å². The highest BCUT2D eigenvalue weighted by molar-refractivity contribution is 6.30. The Bertz CT molecular complexity index is 712. The van der Waals surface area contributed by atoms with Crippen molar-refractivity contribution in [3.05, 3.63) is 24.3 Å². The lowest BCUT2D eigenvalue weighted by Crippen LogP contribution is -2.33. The zero-order valence-corrected chi connectivity index (χ0v) is 15.4. The lowest BCUT2D eigenvalue weighted by molar-refractivity contribution is -0.139. The molecule has 0 saturated heterocycles. The lowest BCUT2D eigenvalue weighted by atomic mass is 9.96. The number of methoxy groups -OCH3 is 3. The molecule has 0 aliphatic carbocycles. The Morgan fingerprint density at radius 3 is 2.50 bits per heavy atom. The summed E-state index contributed by atoms with van der Waals surface area (Å²) >= 11 is 0. The Kier molecular flexibility index (Phi) is 6.85. The molecule has 1 atom stereocenters. The topological polar surface area (TPSA) is 89.8 Å². The van der Waals surface area contributed by atoms with Gasteiger partial charge in [-0.15, -0.1) is 0 Å². The van der Waals surface area contributed by atoms with Crippen LogP contribution in [0, 0.1) is 5.92 Å². The molecule has 1 amide bonds. The number of esters is 1. The summed E-state index contributed by atoms with van der Waals surface area (Å²) in [5, 5.41) is 5.65. The van der Waals surface area contributed by atoms with Crippen molar-refractivity contribution >= 4 is 29.0 Å². The molecule has 0 bridgehead atoms. The van der Waals surface area contributed by atoms with Crippen molar-refractivity contribution in [1.29, 1.82) is 0 Å². The van der Waals surface area contributed by atoms with Gasteiger partial charge in [-0.25, -0.2) is 0 Å². The van der Waals surface area contributed by atoms with E-state index in [-0.39, 0.29) is 12.3 Å². The minimum absolute atomic E-state index is 0.0727. The number of ether oxygens (including phenoxy) is 3. The lowest BCUT2D eigenvalue weighted by Gasteiger charge is -2.15. The molecule has 1 aromatic rings. The van der Waals surface area contributed by atoms with Gasteiger partial charge in [0.25, 0.3) is 5.91 Å². The summed E-state index contributed by atoms with van der Waals surface area (Å²) in [5.74, 6) is -0.725. The normalized spacial score (nSPS) is 17.3. The highest BCUT2D eigenvalue weighted by atomic mass is 16.5. The fourth-order valence-electron chi connectivity index (χ4n) is 2.59. The van der Waals surface area contributed by atoms with Crippen LogP contribution in [0.15, 0.2) is 34.4 Å². The zero-order valence-electron chi connectivity index (χ0n) is 15.4. The second-order valence-electron chi connectivity index (χ2n) is 5.64. The van der Waals surface area contributed by atoms with E-state index in [1.807, 2.05) is 0 Å². The molecule has 0 aromatic heterocycles. The second kappa shape index (κ2) is 9.10. The maximum atomic E-state index is 12.9. The summed E-state index contributed by atoms with van der Waals surface area (Å²) < 4.78 is 14.8. The van der Waals surface area contributed by atoms with Gasteiger partial charge >= 0.3 is 5.97 Å². The molecule has 1 heterocycles. The predicted octanol–water partition coefficient (Wildman–Crippen LogP) is 1.68. The van der Waals surface area contributed by atoms with Gasteiger partial charge in [0.1, 0.15) is 11.7 Å². The Morgan fingerprint density at radius 1 is 1.23 bits per heavy atom. The number of anilines is 1. The fraction of sp³-hybridized carbons (Fsp3) is 0.444. The summed E-state index contributed by atoms with van der Waals surface area (Å²) in [7, 11) is 4.45. The van der Waals surface area contributed by atoms with Crippen LogP contribution in [0.2, 0.25) is 0 Å².